The third-order valence-corrected chi connectivity index (χ3v) is 3.20. The fourth-order valence-corrected chi connectivity index (χ4v) is 2.09. The van der Waals surface area contributed by atoms with Gasteiger partial charge in [-0.05, 0) is 23.3 Å². The molecule has 6 heteroatoms. The molecule has 114 valence electrons. The van der Waals surface area contributed by atoms with Crippen LogP contribution < -0.4 is 0 Å². The topological polar surface area (TPSA) is 54.1 Å². The molecule has 0 fully saturated rings. The van der Waals surface area contributed by atoms with Gasteiger partial charge in [-0.25, -0.2) is 9.36 Å². The van der Waals surface area contributed by atoms with E-state index in [1.54, 1.807) is 21.8 Å². The van der Waals surface area contributed by atoms with Crippen molar-refractivity contribution in [2.24, 2.45) is 0 Å². The summed E-state index contributed by atoms with van der Waals surface area (Å²) in [7, 11) is 0. The Kier molecular flexibility index (Phi) is 4.96. The Morgan fingerprint density at radius 2 is 1.23 bits per heavy atom. The normalized spacial score (nSPS) is 10.9. The summed E-state index contributed by atoms with van der Waals surface area (Å²) < 4.78 is 14.9. The minimum atomic E-state index is 0.440. The molecule has 2 heterocycles. The van der Waals surface area contributed by atoms with E-state index in [2.05, 4.69) is 22.3 Å². The van der Waals surface area contributed by atoms with Gasteiger partial charge in [0.05, 0.1) is 13.2 Å². The summed E-state index contributed by atoms with van der Waals surface area (Å²) in [5.41, 5.74) is 2.24. The molecule has 0 bridgehead atoms. The molecule has 0 aliphatic carbocycles. The largest absolute Gasteiger partial charge is 0.355 e. The summed E-state index contributed by atoms with van der Waals surface area (Å²) >= 11 is 0. The van der Waals surface area contributed by atoms with E-state index in [1.807, 2.05) is 36.7 Å². The summed E-state index contributed by atoms with van der Waals surface area (Å²) in [5.74, 6) is 0. The van der Waals surface area contributed by atoms with Gasteiger partial charge in [-0.15, -0.1) is 0 Å². The fraction of sp³-hybridized carbons (Fsp3) is 0.250. The first kappa shape index (κ1) is 14.5. The van der Waals surface area contributed by atoms with Crippen molar-refractivity contribution >= 4 is 0 Å². The zero-order valence-corrected chi connectivity index (χ0v) is 12.2. The van der Waals surface area contributed by atoms with Crippen LogP contribution in [0.2, 0.25) is 0 Å². The lowest BCUT2D eigenvalue weighted by Gasteiger charge is -2.11. The molecule has 0 saturated heterocycles. The first-order chi connectivity index (χ1) is 10.9. The van der Waals surface area contributed by atoms with E-state index in [-0.39, 0.29) is 0 Å². The number of aromatic nitrogens is 4. The molecule has 0 spiro atoms. The molecular formula is C16H18N4O2. The van der Waals surface area contributed by atoms with E-state index in [9.17, 15) is 0 Å². The summed E-state index contributed by atoms with van der Waals surface area (Å²) in [6, 6.07) is 11.9. The number of nitrogens with zero attached hydrogens (tertiary/aromatic N) is 4. The highest BCUT2D eigenvalue weighted by Crippen LogP contribution is 2.12. The Morgan fingerprint density at radius 1 is 0.727 bits per heavy atom. The van der Waals surface area contributed by atoms with Crippen LogP contribution >= 0.6 is 0 Å². The molecule has 22 heavy (non-hydrogen) atoms. The van der Waals surface area contributed by atoms with Crippen LogP contribution in [0.4, 0.5) is 0 Å². The second-order valence-corrected chi connectivity index (χ2v) is 4.81. The Hall–Kier alpha value is -2.44. The van der Waals surface area contributed by atoms with Crippen molar-refractivity contribution in [2.75, 3.05) is 0 Å². The standard InChI is InChI=1S/C16H18N4O2/c1-2-6-16(12-22-14-20-10-4-8-18-20)15(5-1)11-21-13-19-9-3-7-17-19/h1-10H,11-14H2. The van der Waals surface area contributed by atoms with Crippen molar-refractivity contribution < 1.29 is 9.47 Å². The van der Waals surface area contributed by atoms with Crippen LogP contribution in [0.25, 0.3) is 0 Å². The molecule has 3 aromatic rings. The molecular weight excluding hydrogens is 280 g/mol. The highest BCUT2D eigenvalue weighted by molar-refractivity contribution is 5.25. The molecule has 0 aliphatic heterocycles. The number of hydrogen-bond donors (Lipinski definition) is 0. The predicted octanol–water partition coefficient (Wildman–Crippen LogP) is 2.43. The quantitative estimate of drug-likeness (QED) is 0.641. The molecule has 6 nitrogen and oxygen atoms in total. The van der Waals surface area contributed by atoms with E-state index >= 15 is 0 Å². The summed E-state index contributed by atoms with van der Waals surface area (Å²) in [6.07, 6.45) is 7.22. The number of ether oxygens (including phenoxy) is 2. The number of rotatable bonds is 8. The van der Waals surface area contributed by atoms with Crippen LogP contribution in [0.15, 0.2) is 61.2 Å². The van der Waals surface area contributed by atoms with Gasteiger partial charge in [0.2, 0.25) is 0 Å². The Morgan fingerprint density at radius 3 is 1.64 bits per heavy atom. The van der Waals surface area contributed by atoms with Gasteiger partial charge in [0.25, 0.3) is 0 Å². The van der Waals surface area contributed by atoms with Gasteiger partial charge in [-0.1, -0.05) is 24.3 Å². The lowest BCUT2D eigenvalue weighted by atomic mass is 10.1. The fourth-order valence-electron chi connectivity index (χ4n) is 2.09. The third kappa shape index (κ3) is 4.03. The highest BCUT2D eigenvalue weighted by atomic mass is 16.5. The zero-order valence-electron chi connectivity index (χ0n) is 12.2. The van der Waals surface area contributed by atoms with Gasteiger partial charge in [0, 0.05) is 24.8 Å². The molecule has 0 atom stereocenters. The van der Waals surface area contributed by atoms with Crippen molar-refractivity contribution in [3.8, 4) is 0 Å². The SMILES string of the molecule is c1ccc(COCn2cccn2)c(COCn2cccn2)c1. The van der Waals surface area contributed by atoms with Gasteiger partial charge in [0.1, 0.15) is 13.5 Å². The van der Waals surface area contributed by atoms with Gasteiger partial charge in [-0.2, -0.15) is 10.2 Å². The van der Waals surface area contributed by atoms with Crippen LogP contribution in [0, 0.1) is 0 Å². The van der Waals surface area contributed by atoms with Crippen LogP contribution in [0.5, 0.6) is 0 Å². The summed E-state index contributed by atoms with van der Waals surface area (Å²) in [6.45, 7) is 1.94. The maximum Gasteiger partial charge on any atom is 0.139 e. The smallest absolute Gasteiger partial charge is 0.139 e. The lowest BCUT2D eigenvalue weighted by Crippen LogP contribution is -2.07. The van der Waals surface area contributed by atoms with Gasteiger partial charge >= 0.3 is 0 Å². The second kappa shape index (κ2) is 7.53. The molecule has 1 aromatic carbocycles. The lowest BCUT2D eigenvalue weighted by molar-refractivity contribution is 0.0449. The minimum Gasteiger partial charge on any atom is -0.355 e. The van der Waals surface area contributed by atoms with Crippen molar-refractivity contribution in [3.63, 3.8) is 0 Å². The van der Waals surface area contributed by atoms with Crippen LogP contribution in [0.1, 0.15) is 11.1 Å². The first-order valence-electron chi connectivity index (χ1n) is 7.09. The third-order valence-electron chi connectivity index (χ3n) is 3.20. The van der Waals surface area contributed by atoms with E-state index in [0.29, 0.717) is 26.7 Å². The van der Waals surface area contributed by atoms with Gasteiger partial charge in [-0.3, -0.25) is 0 Å². The maximum atomic E-state index is 5.68. The van der Waals surface area contributed by atoms with E-state index in [1.165, 1.54) is 0 Å². The Bertz CT molecular complexity index is 606. The molecule has 0 amide bonds. The van der Waals surface area contributed by atoms with Gasteiger partial charge < -0.3 is 9.47 Å². The first-order valence-corrected chi connectivity index (χ1v) is 7.09. The second-order valence-electron chi connectivity index (χ2n) is 4.81. The monoisotopic (exact) mass is 298 g/mol. The maximum absolute atomic E-state index is 5.68. The summed E-state index contributed by atoms with van der Waals surface area (Å²) in [5, 5.41) is 8.21. The molecule has 0 aliphatic rings. The van der Waals surface area contributed by atoms with Crippen molar-refractivity contribution in [3.05, 3.63) is 72.3 Å². The minimum absolute atomic E-state index is 0.440. The predicted molar refractivity (Wildman–Crippen MR) is 80.5 cm³/mol. The van der Waals surface area contributed by atoms with Crippen molar-refractivity contribution in [2.45, 2.75) is 26.7 Å². The Labute approximate surface area is 128 Å². The van der Waals surface area contributed by atoms with E-state index < -0.39 is 0 Å². The molecule has 0 radical (unpaired) electrons. The van der Waals surface area contributed by atoms with Crippen LogP contribution in [0.3, 0.4) is 0 Å². The Balaban J connectivity index is 1.50. The molecule has 3 rings (SSSR count). The molecule has 0 N–H and O–H groups in total. The highest BCUT2D eigenvalue weighted by Gasteiger charge is 2.03. The number of hydrogen-bond acceptors (Lipinski definition) is 4. The van der Waals surface area contributed by atoms with Crippen molar-refractivity contribution in [1.82, 2.24) is 19.6 Å². The van der Waals surface area contributed by atoms with E-state index in [4.69, 9.17) is 9.47 Å². The molecule has 0 saturated carbocycles. The average molecular weight is 298 g/mol. The van der Waals surface area contributed by atoms with Crippen LogP contribution in [-0.2, 0) is 36.1 Å². The number of benzene rings is 1. The summed E-state index contributed by atoms with van der Waals surface area (Å²) in [4.78, 5) is 0. The van der Waals surface area contributed by atoms with Crippen molar-refractivity contribution in [1.29, 1.82) is 0 Å². The molecule has 0 unspecified atom stereocenters. The average Bonchev–Trinajstić information content (AvgIpc) is 3.22. The van der Waals surface area contributed by atoms with Crippen LogP contribution in [-0.4, -0.2) is 19.6 Å². The van der Waals surface area contributed by atoms with Gasteiger partial charge in [0.15, 0.2) is 0 Å². The van der Waals surface area contributed by atoms with E-state index in [0.717, 1.165) is 11.1 Å². The molecule has 2 aromatic heterocycles. The zero-order chi connectivity index (χ0) is 15.0.